The Balaban J connectivity index is 2.31. The van der Waals surface area contributed by atoms with E-state index in [0.717, 1.165) is 31.2 Å². The molecule has 1 aliphatic rings. The van der Waals surface area contributed by atoms with Crippen molar-refractivity contribution in [3.63, 3.8) is 0 Å². The van der Waals surface area contributed by atoms with Gasteiger partial charge in [-0.15, -0.1) is 0 Å². The molecule has 0 aromatic rings. The third-order valence-electron chi connectivity index (χ3n) is 4.31. The highest BCUT2D eigenvalue weighted by atomic mass is 16.3. The highest BCUT2D eigenvalue weighted by Crippen LogP contribution is 2.28. The molecule has 1 aliphatic carbocycles. The number of hydrogen-bond donors (Lipinski definition) is 2. The molecule has 2 N–H and O–H groups in total. The van der Waals surface area contributed by atoms with E-state index in [1.807, 2.05) is 0 Å². The van der Waals surface area contributed by atoms with Gasteiger partial charge in [0.25, 0.3) is 0 Å². The van der Waals surface area contributed by atoms with Crippen LogP contribution in [-0.2, 0) is 0 Å². The maximum atomic E-state index is 9.07. The molecular formula is C14H29NO. The van der Waals surface area contributed by atoms with E-state index < -0.39 is 0 Å². The van der Waals surface area contributed by atoms with Crippen LogP contribution in [0.25, 0.3) is 0 Å². The summed E-state index contributed by atoms with van der Waals surface area (Å²) in [7, 11) is 0. The summed E-state index contributed by atoms with van der Waals surface area (Å²) in [6.07, 6.45) is 7.54. The summed E-state index contributed by atoms with van der Waals surface area (Å²) in [5.74, 6) is 1.76. The van der Waals surface area contributed by atoms with Gasteiger partial charge < -0.3 is 10.4 Å². The zero-order valence-corrected chi connectivity index (χ0v) is 11.3. The number of nitrogens with one attached hydrogen (secondary N) is 1. The summed E-state index contributed by atoms with van der Waals surface area (Å²) in [5.41, 5.74) is 0.134. The molecular weight excluding hydrogens is 198 g/mol. The topological polar surface area (TPSA) is 32.3 Å². The largest absolute Gasteiger partial charge is 0.396 e. The van der Waals surface area contributed by atoms with Crippen molar-refractivity contribution in [3.8, 4) is 0 Å². The second-order valence-corrected chi connectivity index (χ2v) is 5.91. The third kappa shape index (κ3) is 4.42. The molecule has 2 nitrogen and oxygen atoms in total. The Kier molecular flexibility index (Phi) is 5.77. The molecule has 96 valence electrons. The van der Waals surface area contributed by atoms with E-state index >= 15 is 0 Å². The Hall–Kier alpha value is -0.0800. The second-order valence-electron chi connectivity index (χ2n) is 5.91. The molecule has 0 aromatic heterocycles. The Bertz CT molecular complexity index is 195. The first-order valence-corrected chi connectivity index (χ1v) is 6.95. The maximum absolute atomic E-state index is 9.07. The summed E-state index contributed by atoms with van der Waals surface area (Å²) in [6, 6.07) is 0. The molecule has 1 fully saturated rings. The maximum Gasteiger partial charge on any atom is 0.0448 e. The average Bonchev–Trinajstić information content (AvgIpc) is 2.27. The van der Waals surface area contributed by atoms with Gasteiger partial charge in [0.2, 0.25) is 0 Å². The van der Waals surface area contributed by atoms with Gasteiger partial charge in [-0.05, 0) is 51.0 Å². The van der Waals surface area contributed by atoms with E-state index in [2.05, 4.69) is 26.1 Å². The van der Waals surface area contributed by atoms with Gasteiger partial charge in [0, 0.05) is 12.1 Å². The molecule has 0 aliphatic heterocycles. The van der Waals surface area contributed by atoms with Gasteiger partial charge in [-0.25, -0.2) is 0 Å². The molecule has 0 amide bonds. The summed E-state index contributed by atoms with van der Waals surface area (Å²) in [6.45, 7) is 8.23. The van der Waals surface area contributed by atoms with Gasteiger partial charge >= 0.3 is 0 Å². The van der Waals surface area contributed by atoms with Crippen molar-refractivity contribution in [2.75, 3.05) is 13.2 Å². The van der Waals surface area contributed by atoms with Crippen LogP contribution in [0.4, 0.5) is 0 Å². The van der Waals surface area contributed by atoms with Crippen molar-refractivity contribution in [3.05, 3.63) is 0 Å². The van der Waals surface area contributed by atoms with Crippen LogP contribution in [0.1, 0.15) is 59.3 Å². The first-order chi connectivity index (χ1) is 7.59. The van der Waals surface area contributed by atoms with Crippen molar-refractivity contribution in [1.29, 1.82) is 0 Å². The molecule has 3 atom stereocenters. The highest BCUT2D eigenvalue weighted by Gasteiger charge is 2.24. The molecule has 16 heavy (non-hydrogen) atoms. The fourth-order valence-corrected chi connectivity index (χ4v) is 2.77. The van der Waals surface area contributed by atoms with E-state index in [4.69, 9.17) is 5.11 Å². The first kappa shape index (κ1) is 14.0. The van der Waals surface area contributed by atoms with Crippen LogP contribution in [0.5, 0.6) is 0 Å². The fraction of sp³-hybridized carbons (Fsp3) is 1.00. The molecule has 0 radical (unpaired) electrons. The fourth-order valence-electron chi connectivity index (χ4n) is 2.77. The SMILES string of the molecule is CCC(C)(CCO)NCC1CCCC(C)C1. The highest BCUT2D eigenvalue weighted by molar-refractivity contribution is 4.83. The molecule has 0 heterocycles. The van der Waals surface area contributed by atoms with Crippen LogP contribution in [0, 0.1) is 11.8 Å². The van der Waals surface area contributed by atoms with Crippen LogP contribution >= 0.6 is 0 Å². The van der Waals surface area contributed by atoms with E-state index in [-0.39, 0.29) is 5.54 Å². The van der Waals surface area contributed by atoms with Gasteiger partial charge in [-0.3, -0.25) is 0 Å². The normalized spacial score (nSPS) is 30.0. The Labute approximate surface area is 101 Å². The number of hydrogen-bond acceptors (Lipinski definition) is 2. The lowest BCUT2D eigenvalue weighted by molar-refractivity contribution is 0.194. The smallest absolute Gasteiger partial charge is 0.0448 e. The summed E-state index contributed by atoms with van der Waals surface area (Å²) < 4.78 is 0. The van der Waals surface area contributed by atoms with E-state index in [1.165, 1.54) is 25.7 Å². The van der Waals surface area contributed by atoms with Crippen LogP contribution in [0.3, 0.4) is 0 Å². The molecule has 0 saturated heterocycles. The molecule has 0 bridgehead atoms. The Morgan fingerprint density at radius 2 is 2.12 bits per heavy atom. The quantitative estimate of drug-likeness (QED) is 0.731. The number of rotatable bonds is 6. The molecule has 2 heteroatoms. The van der Waals surface area contributed by atoms with Gasteiger partial charge in [0.1, 0.15) is 0 Å². The van der Waals surface area contributed by atoms with Crippen molar-refractivity contribution in [2.45, 2.75) is 64.8 Å². The first-order valence-electron chi connectivity index (χ1n) is 6.95. The Morgan fingerprint density at radius 3 is 2.69 bits per heavy atom. The van der Waals surface area contributed by atoms with Crippen molar-refractivity contribution in [1.82, 2.24) is 5.32 Å². The summed E-state index contributed by atoms with van der Waals surface area (Å²) >= 11 is 0. The van der Waals surface area contributed by atoms with Gasteiger partial charge in [0.05, 0.1) is 0 Å². The van der Waals surface area contributed by atoms with E-state index in [9.17, 15) is 0 Å². The van der Waals surface area contributed by atoms with Crippen molar-refractivity contribution >= 4 is 0 Å². The Morgan fingerprint density at radius 1 is 1.38 bits per heavy atom. The predicted octanol–water partition coefficient (Wildman–Crippen LogP) is 2.95. The second kappa shape index (κ2) is 6.61. The van der Waals surface area contributed by atoms with Crippen LogP contribution < -0.4 is 5.32 Å². The standard InChI is InChI=1S/C14H29NO/c1-4-14(3,8-9-16)15-11-13-7-5-6-12(2)10-13/h12-13,15-16H,4-11H2,1-3H3. The minimum absolute atomic E-state index is 0.134. The number of aliphatic hydroxyl groups excluding tert-OH is 1. The number of aliphatic hydroxyl groups is 1. The molecule has 1 rings (SSSR count). The van der Waals surface area contributed by atoms with E-state index in [1.54, 1.807) is 0 Å². The predicted molar refractivity (Wildman–Crippen MR) is 69.5 cm³/mol. The van der Waals surface area contributed by atoms with E-state index in [0.29, 0.717) is 6.61 Å². The van der Waals surface area contributed by atoms with Gasteiger partial charge in [-0.1, -0.05) is 26.7 Å². The minimum Gasteiger partial charge on any atom is -0.396 e. The lowest BCUT2D eigenvalue weighted by Crippen LogP contribution is -2.45. The zero-order valence-electron chi connectivity index (χ0n) is 11.3. The molecule has 3 unspecified atom stereocenters. The van der Waals surface area contributed by atoms with Gasteiger partial charge in [0.15, 0.2) is 0 Å². The van der Waals surface area contributed by atoms with Crippen LogP contribution in [0.2, 0.25) is 0 Å². The molecule has 1 saturated carbocycles. The molecule has 0 aromatic carbocycles. The third-order valence-corrected chi connectivity index (χ3v) is 4.31. The average molecular weight is 227 g/mol. The van der Waals surface area contributed by atoms with Crippen molar-refractivity contribution < 1.29 is 5.11 Å². The summed E-state index contributed by atoms with van der Waals surface area (Å²) in [4.78, 5) is 0. The zero-order chi connectivity index (χ0) is 12.0. The summed E-state index contributed by atoms with van der Waals surface area (Å²) in [5, 5.41) is 12.7. The monoisotopic (exact) mass is 227 g/mol. The minimum atomic E-state index is 0.134. The lowest BCUT2D eigenvalue weighted by atomic mass is 9.82. The van der Waals surface area contributed by atoms with Gasteiger partial charge in [-0.2, -0.15) is 0 Å². The lowest BCUT2D eigenvalue weighted by Gasteiger charge is -2.34. The van der Waals surface area contributed by atoms with Crippen LogP contribution in [0.15, 0.2) is 0 Å². The van der Waals surface area contributed by atoms with Crippen LogP contribution in [-0.4, -0.2) is 23.8 Å². The van der Waals surface area contributed by atoms with Crippen molar-refractivity contribution in [2.24, 2.45) is 11.8 Å². The molecule has 0 spiro atoms.